The molecule has 0 aliphatic carbocycles. The molecule has 162 valence electrons. The van der Waals surface area contributed by atoms with Crippen molar-refractivity contribution in [1.29, 1.82) is 0 Å². The highest BCUT2D eigenvalue weighted by atomic mass is 35.5. The van der Waals surface area contributed by atoms with Gasteiger partial charge in [0.2, 0.25) is 0 Å². The number of aryl methyl sites for hydroxylation is 1. The van der Waals surface area contributed by atoms with Gasteiger partial charge >= 0.3 is 0 Å². The number of rotatable bonds is 8. The standard InChI is InChI=1S/C25H22ClN3O3/c1-18-12-23(6-7-24(18)26)32-21-4-2-19(3-5-21)9-11-31-22-8-10-29(25(30)13-22)16-20-14-27-17-28-15-20/h2-8,10,12-15,17H,9,11,16H2,1H3. The predicted molar refractivity (Wildman–Crippen MR) is 124 cm³/mol. The molecule has 0 aliphatic heterocycles. The summed E-state index contributed by atoms with van der Waals surface area (Å²) in [6.45, 7) is 2.83. The van der Waals surface area contributed by atoms with E-state index in [1.54, 1.807) is 29.2 Å². The van der Waals surface area contributed by atoms with Crippen LogP contribution in [0.1, 0.15) is 16.7 Å². The molecule has 2 aromatic heterocycles. The van der Waals surface area contributed by atoms with E-state index in [2.05, 4.69) is 9.97 Å². The second kappa shape index (κ2) is 10.1. The smallest absolute Gasteiger partial charge is 0.254 e. The van der Waals surface area contributed by atoms with Crippen molar-refractivity contribution in [3.8, 4) is 17.2 Å². The van der Waals surface area contributed by atoms with Crippen LogP contribution in [0.3, 0.4) is 0 Å². The molecule has 0 atom stereocenters. The Kier molecular flexibility index (Phi) is 6.82. The number of hydrogen-bond donors (Lipinski definition) is 0. The molecule has 0 amide bonds. The number of halogens is 1. The Morgan fingerprint density at radius 3 is 2.38 bits per heavy atom. The molecule has 2 aromatic carbocycles. The molecule has 32 heavy (non-hydrogen) atoms. The van der Waals surface area contributed by atoms with Gasteiger partial charge in [-0.1, -0.05) is 23.7 Å². The van der Waals surface area contributed by atoms with Gasteiger partial charge in [-0.2, -0.15) is 0 Å². The number of benzene rings is 2. The second-order valence-electron chi connectivity index (χ2n) is 7.33. The molecule has 6 nitrogen and oxygen atoms in total. The fourth-order valence-electron chi connectivity index (χ4n) is 3.15. The van der Waals surface area contributed by atoms with Gasteiger partial charge in [0.25, 0.3) is 5.56 Å². The lowest BCUT2D eigenvalue weighted by Crippen LogP contribution is -2.19. The maximum Gasteiger partial charge on any atom is 0.254 e. The highest BCUT2D eigenvalue weighted by Crippen LogP contribution is 2.26. The van der Waals surface area contributed by atoms with E-state index in [-0.39, 0.29) is 5.56 Å². The topological polar surface area (TPSA) is 66.2 Å². The first-order valence-corrected chi connectivity index (χ1v) is 10.5. The Bertz CT molecular complexity index is 1240. The average Bonchev–Trinajstić information content (AvgIpc) is 2.80. The van der Waals surface area contributed by atoms with Crippen molar-refractivity contribution in [3.63, 3.8) is 0 Å². The summed E-state index contributed by atoms with van der Waals surface area (Å²) in [6, 6.07) is 16.7. The van der Waals surface area contributed by atoms with E-state index >= 15 is 0 Å². The van der Waals surface area contributed by atoms with Crippen molar-refractivity contribution in [1.82, 2.24) is 14.5 Å². The number of nitrogens with zero attached hydrogens (tertiary/aromatic N) is 3. The summed E-state index contributed by atoms with van der Waals surface area (Å²) in [5, 5.41) is 0.718. The number of aromatic nitrogens is 3. The Morgan fingerprint density at radius 1 is 0.906 bits per heavy atom. The van der Waals surface area contributed by atoms with E-state index in [9.17, 15) is 4.79 Å². The summed E-state index contributed by atoms with van der Waals surface area (Å²) in [5.41, 5.74) is 2.81. The molecule has 0 unspecified atom stereocenters. The Hall–Kier alpha value is -3.64. The van der Waals surface area contributed by atoms with Crippen LogP contribution >= 0.6 is 11.6 Å². The lowest BCUT2D eigenvalue weighted by molar-refractivity contribution is 0.320. The first-order chi connectivity index (χ1) is 15.6. The third-order valence-corrected chi connectivity index (χ3v) is 5.31. The molecule has 0 saturated carbocycles. The Balaban J connectivity index is 1.29. The first kappa shape index (κ1) is 21.6. The lowest BCUT2D eigenvalue weighted by Gasteiger charge is -2.10. The van der Waals surface area contributed by atoms with Crippen LogP contribution in [0.25, 0.3) is 0 Å². The van der Waals surface area contributed by atoms with Crippen molar-refractivity contribution in [2.24, 2.45) is 0 Å². The molecule has 0 radical (unpaired) electrons. The van der Waals surface area contributed by atoms with Crippen molar-refractivity contribution >= 4 is 11.6 Å². The summed E-state index contributed by atoms with van der Waals surface area (Å²) in [6.07, 6.45) is 7.28. The van der Waals surface area contributed by atoms with Gasteiger partial charge in [-0.25, -0.2) is 9.97 Å². The van der Waals surface area contributed by atoms with Crippen molar-refractivity contribution in [3.05, 3.63) is 112 Å². The van der Waals surface area contributed by atoms with Crippen LogP contribution < -0.4 is 15.0 Å². The third-order valence-electron chi connectivity index (χ3n) is 4.88. The van der Waals surface area contributed by atoms with E-state index in [0.717, 1.165) is 33.2 Å². The molecule has 0 fully saturated rings. The summed E-state index contributed by atoms with van der Waals surface area (Å²) in [5.74, 6) is 2.05. The molecule has 7 heteroatoms. The highest BCUT2D eigenvalue weighted by Gasteiger charge is 2.04. The molecule has 0 spiro atoms. The molecule has 0 bridgehead atoms. The van der Waals surface area contributed by atoms with Gasteiger partial charge in [0.05, 0.1) is 13.2 Å². The number of pyridine rings is 1. The fraction of sp³-hybridized carbons (Fsp3) is 0.160. The van der Waals surface area contributed by atoms with Crippen LogP contribution in [0.5, 0.6) is 17.2 Å². The van der Waals surface area contributed by atoms with E-state index in [4.69, 9.17) is 21.1 Å². The maximum absolute atomic E-state index is 12.3. The minimum absolute atomic E-state index is 0.134. The van der Waals surface area contributed by atoms with Crippen molar-refractivity contribution < 1.29 is 9.47 Å². The zero-order valence-corrected chi connectivity index (χ0v) is 18.3. The van der Waals surface area contributed by atoms with Crippen LogP contribution in [-0.2, 0) is 13.0 Å². The van der Waals surface area contributed by atoms with Gasteiger partial charge in [-0.3, -0.25) is 4.79 Å². The summed E-state index contributed by atoms with van der Waals surface area (Å²) in [7, 11) is 0. The SMILES string of the molecule is Cc1cc(Oc2ccc(CCOc3ccn(Cc4cncnc4)c(=O)c3)cc2)ccc1Cl. The fourth-order valence-corrected chi connectivity index (χ4v) is 3.26. The normalized spacial score (nSPS) is 10.7. The molecule has 4 aromatic rings. The summed E-state index contributed by atoms with van der Waals surface area (Å²) >= 11 is 6.06. The quantitative estimate of drug-likeness (QED) is 0.377. The highest BCUT2D eigenvalue weighted by molar-refractivity contribution is 6.31. The Labute approximate surface area is 191 Å². The molecule has 2 heterocycles. The van der Waals surface area contributed by atoms with E-state index < -0.39 is 0 Å². The summed E-state index contributed by atoms with van der Waals surface area (Å²) in [4.78, 5) is 20.3. The average molecular weight is 448 g/mol. The zero-order valence-electron chi connectivity index (χ0n) is 17.6. The van der Waals surface area contributed by atoms with Crippen LogP contribution in [0, 0.1) is 6.92 Å². The molecule has 0 saturated heterocycles. The molecular formula is C25H22ClN3O3. The first-order valence-electron chi connectivity index (χ1n) is 10.2. The monoisotopic (exact) mass is 447 g/mol. The van der Waals surface area contributed by atoms with Crippen molar-refractivity contribution in [2.75, 3.05) is 6.61 Å². The van der Waals surface area contributed by atoms with Gasteiger partial charge in [-0.15, -0.1) is 0 Å². The number of hydrogen-bond acceptors (Lipinski definition) is 5. The summed E-state index contributed by atoms with van der Waals surface area (Å²) < 4.78 is 13.2. The minimum Gasteiger partial charge on any atom is -0.493 e. The molecule has 0 N–H and O–H groups in total. The van der Waals surface area contributed by atoms with Crippen molar-refractivity contribution in [2.45, 2.75) is 19.9 Å². The molecular weight excluding hydrogens is 426 g/mol. The van der Waals surface area contributed by atoms with Crippen LogP contribution in [0.2, 0.25) is 5.02 Å². The van der Waals surface area contributed by atoms with E-state index in [0.29, 0.717) is 25.3 Å². The lowest BCUT2D eigenvalue weighted by atomic mass is 10.1. The maximum atomic E-state index is 12.3. The largest absolute Gasteiger partial charge is 0.493 e. The second-order valence-corrected chi connectivity index (χ2v) is 7.74. The van der Waals surface area contributed by atoms with Gasteiger partial charge in [0.15, 0.2) is 0 Å². The Morgan fingerprint density at radius 2 is 1.66 bits per heavy atom. The van der Waals surface area contributed by atoms with Crippen LogP contribution in [0.4, 0.5) is 0 Å². The number of ether oxygens (including phenoxy) is 2. The van der Waals surface area contributed by atoms with Gasteiger partial charge in [0.1, 0.15) is 23.6 Å². The van der Waals surface area contributed by atoms with Gasteiger partial charge in [-0.05, 0) is 54.4 Å². The van der Waals surface area contributed by atoms with Crippen LogP contribution in [-0.4, -0.2) is 21.1 Å². The third kappa shape index (κ3) is 5.74. The zero-order chi connectivity index (χ0) is 22.3. The predicted octanol–water partition coefficient (Wildman–Crippen LogP) is 5.06. The van der Waals surface area contributed by atoms with Gasteiger partial charge < -0.3 is 14.0 Å². The minimum atomic E-state index is -0.134. The molecule has 4 rings (SSSR count). The van der Waals surface area contributed by atoms with Crippen LogP contribution in [0.15, 0.2) is 84.3 Å². The van der Waals surface area contributed by atoms with E-state index in [1.807, 2.05) is 49.4 Å². The molecule has 0 aliphatic rings. The van der Waals surface area contributed by atoms with E-state index in [1.165, 1.54) is 12.4 Å². The van der Waals surface area contributed by atoms with Gasteiger partial charge in [0, 0.05) is 41.7 Å².